The SMILES string of the molecule is COc1ccccc1OCC(=O)N/N=C/c1ccc2cccc(OCc3ccccc3)c2n1. The number of carbonyl (C=O) groups is 1. The molecule has 7 heteroatoms. The van der Waals surface area contributed by atoms with Crippen LogP contribution in [0.25, 0.3) is 10.9 Å². The van der Waals surface area contributed by atoms with Gasteiger partial charge in [-0.15, -0.1) is 0 Å². The van der Waals surface area contributed by atoms with Gasteiger partial charge in [0.2, 0.25) is 0 Å². The summed E-state index contributed by atoms with van der Waals surface area (Å²) in [6.07, 6.45) is 1.48. The standard InChI is InChI=1S/C26H23N3O4/c1-31-22-11-5-6-12-23(22)33-18-25(30)29-27-16-21-15-14-20-10-7-13-24(26(20)28-21)32-17-19-8-3-2-4-9-19/h2-16H,17-18H2,1H3,(H,29,30)/b27-16+. The molecule has 1 heterocycles. The van der Waals surface area contributed by atoms with Gasteiger partial charge in [-0.1, -0.05) is 60.7 Å². The number of carbonyl (C=O) groups excluding carboxylic acids is 1. The Morgan fingerprint density at radius 2 is 1.64 bits per heavy atom. The van der Waals surface area contributed by atoms with Gasteiger partial charge in [0, 0.05) is 5.39 Å². The number of hydrogen-bond acceptors (Lipinski definition) is 6. The molecule has 0 aliphatic carbocycles. The lowest BCUT2D eigenvalue weighted by atomic mass is 10.2. The third-order valence-electron chi connectivity index (χ3n) is 4.76. The molecule has 0 fully saturated rings. The average molecular weight is 441 g/mol. The van der Waals surface area contributed by atoms with Gasteiger partial charge in [0.25, 0.3) is 5.91 Å². The molecular weight excluding hydrogens is 418 g/mol. The molecule has 0 bridgehead atoms. The number of fused-ring (bicyclic) bond motifs is 1. The van der Waals surface area contributed by atoms with E-state index in [9.17, 15) is 4.79 Å². The Bertz CT molecular complexity index is 1260. The number of nitrogens with one attached hydrogen (secondary N) is 1. The van der Waals surface area contributed by atoms with E-state index >= 15 is 0 Å². The van der Waals surface area contributed by atoms with Crippen LogP contribution in [-0.2, 0) is 11.4 Å². The van der Waals surface area contributed by atoms with Crippen LogP contribution >= 0.6 is 0 Å². The molecule has 1 aromatic heterocycles. The number of benzene rings is 3. The molecule has 0 spiro atoms. The summed E-state index contributed by atoms with van der Waals surface area (Å²) in [4.78, 5) is 16.7. The highest BCUT2D eigenvalue weighted by molar-refractivity contribution is 5.89. The molecule has 0 unspecified atom stereocenters. The van der Waals surface area contributed by atoms with E-state index in [4.69, 9.17) is 14.2 Å². The molecule has 4 rings (SSSR count). The predicted molar refractivity (Wildman–Crippen MR) is 127 cm³/mol. The van der Waals surface area contributed by atoms with Gasteiger partial charge >= 0.3 is 0 Å². The fraction of sp³-hybridized carbons (Fsp3) is 0.115. The summed E-state index contributed by atoms with van der Waals surface area (Å²) in [7, 11) is 1.54. The highest BCUT2D eigenvalue weighted by atomic mass is 16.5. The van der Waals surface area contributed by atoms with E-state index in [2.05, 4.69) is 15.5 Å². The molecule has 1 amide bonds. The van der Waals surface area contributed by atoms with Crippen LogP contribution in [0.2, 0.25) is 0 Å². The van der Waals surface area contributed by atoms with Gasteiger partial charge in [-0.3, -0.25) is 4.79 Å². The highest BCUT2D eigenvalue weighted by Crippen LogP contribution is 2.26. The molecule has 7 nitrogen and oxygen atoms in total. The average Bonchev–Trinajstić information content (AvgIpc) is 2.87. The van der Waals surface area contributed by atoms with E-state index in [1.807, 2.05) is 66.7 Å². The first-order valence-corrected chi connectivity index (χ1v) is 10.4. The van der Waals surface area contributed by atoms with Gasteiger partial charge in [0.05, 0.1) is 19.0 Å². The zero-order valence-corrected chi connectivity index (χ0v) is 18.1. The number of rotatable bonds is 9. The van der Waals surface area contributed by atoms with E-state index in [1.165, 1.54) is 6.21 Å². The van der Waals surface area contributed by atoms with Crippen molar-refractivity contribution in [1.82, 2.24) is 10.4 Å². The normalized spacial score (nSPS) is 10.8. The summed E-state index contributed by atoms with van der Waals surface area (Å²) in [5.74, 6) is 1.32. The summed E-state index contributed by atoms with van der Waals surface area (Å²) in [6, 6.07) is 26.6. The topological polar surface area (TPSA) is 82.0 Å². The molecule has 1 N–H and O–H groups in total. The van der Waals surface area contributed by atoms with Gasteiger partial charge < -0.3 is 14.2 Å². The summed E-state index contributed by atoms with van der Waals surface area (Å²) in [6.45, 7) is 0.253. The molecule has 166 valence electrons. The number of hydrogen-bond donors (Lipinski definition) is 1. The second-order valence-electron chi connectivity index (χ2n) is 7.07. The monoisotopic (exact) mass is 441 g/mol. The minimum Gasteiger partial charge on any atom is -0.493 e. The third kappa shape index (κ3) is 5.86. The largest absolute Gasteiger partial charge is 0.493 e. The Morgan fingerprint density at radius 3 is 2.45 bits per heavy atom. The number of methoxy groups -OCH3 is 1. The van der Waals surface area contributed by atoms with Crippen LogP contribution in [0.3, 0.4) is 0 Å². The van der Waals surface area contributed by atoms with Crippen molar-refractivity contribution in [2.75, 3.05) is 13.7 Å². The number of hydrazone groups is 1. The van der Waals surface area contributed by atoms with Crippen LogP contribution in [-0.4, -0.2) is 30.8 Å². The Hall–Kier alpha value is -4.39. The van der Waals surface area contributed by atoms with Crippen molar-refractivity contribution in [2.45, 2.75) is 6.61 Å². The van der Waals surface area contributed by atoms with Crippen LogP contribution in [0, 0.1) is 0 Å². The Morgan fingerprint density at radius 1 is 0.879 bits per heavy atom. The van der Waals surface area contributed by atoms with E-state index in [-0.39, 0.29) is 6.61 Å². The molecule has 3 aromatic carbocycles. The van der Waals surface area contributed by atoms with Gasteiger partial charge in [-0.2, -0.15) is 5.10 Å². The van der Waals surface area contributed by atoms with Crippen molar-refractivity contribution >= 4 is 23.0 Å². The highest BCUT2D eigenvalue weighted by Gasteiger charge is 2.07. The number of amides is 1. The predicted octanol–water partition coefficient (Wildman–Crippen LogP) is 4.35. The number of ether oxygens (including phenoxy) is 3. The van der Waals surface area contributed by atoms with E-state index < -0.39 is 5.91 Å². The maximum atomic E-state index is 12.1. The molecule has 33 heavy (non-hydrogen) atoms. The zero-order valence-electron chi connectivity index (χ0n) is 18.1. The minimum atomic E-state index is -0.398. The van der Waals surface area contributed by atoms with Crippen molar-refractivity contribution in [3.8, 4) is 17.2 Å². The maximum absolute atomic E-state index is 12.1. The molecule has 0 aliphatic heterocycles. The molecule has 4 aromatic rings. The molecular formula is C26H23N3O4. The second-order valence-corrected chi connectivity index (χ2v) is 7.07. The summed E-state index contributed by atoms with van der Waals surface area (Å²) < 4.78 is 16.7. The first-order chi connectivity index (χ1) is 16.2. The smallest absolute Gasteiger partial charge is 0.277 e. The van der Waals surface area contributed by atoms with Crippen LogP contribution in [0.4, 0.5) is 0 Å². The van der Waals surface area contributed by atoms with E-state index in [0.29, 0.717) is 29.5 Å². The Labute approximate surface area is 191 Å². The quantitative estimate of drug-likeness (QED) is 0.308. The molecule has 0 atom stereocenters. The van der Waals surface area contributed by atoms with Crippen LogP contribution in [0.5, 0.6) is 17.2 Å². The zero-order chi connectivity index (χ0) is 22.9. The fourth-order valence-corrected chi connectivity index (χ4v) is 3.14. The number of nitrogens with zero attached hydrogens (tertiary/aromatic N) is 2. The van der Waals surface area contributed by atoms with Crippen molar-refractivity contribution in [2.24, 2.45) is 5.10 Å². The van der Waals surface area contributed by atoms with Crippen molar-refractivity contribution < 1.29 is 19.0 Å². The van der Waals surface area contributed by atoms with Gasteiger partial charge in [0.15, 0.2) is 18.1 Å². The number of aromatic nitrogens is 1. The van der Waals surface area contributed by atoms with Gasteiger partial charge in [-0.05, 0) is 29.8 Å². The lowest BCUT2D eigenvalue weighted by Crippen LogP contribution is -2.24. The lowest BCUT2D eigenvalue weighted by Gasteiger charge is -2.09. The number of para-hydroxylation sites is 3. The number of pyridine rings is 1. The Kier molecular flexibility index (Phi) is 7.12. The van der Waals surface area contributed by atoms with Crippen molar-refractivity contribution in [3.63, 3.8) is 0 Å². The molecule has 0 radical (unpaired) electrons. The first-order valence-electron chi connectivity index (χ1n) is 10.4. The van der Waals surface area contributed by atoms with E-state index in [1.54, 1.807) is 25.3 Å². The van der Waals surface area contributed by atoms with Crippen molar-refractivity contribution in [3.05, 3.63) is 96.2 Å². The maximum Gasteiger partial charge on any atom is 0.277 e. The first kappa shape index (κ1) is 21.8. The summed E-state index contributed by atoms with van der Waals surface area (Å²) >= 11 is 0. The van der Waals surface area contributed by atoms with Crippen molar-refractivity contribution in [1.29, 1.82) is 0 Å². The molecule has 0 saturated carbocycles. The Balaban J connectivity index is 1.38. The molecule has 0 saturated heterocycles. The van der Waals surface area contributed by atoms with Gasteiger partial charge in [0.1, 0.15) is 17.9 Å². The van der Waals surface area contributed by atoms with Crippen LogP contribution < -0.4 is 19.6 Å². The van der Waals surface area contributed by atoms with E-state index in [0.717, 1.165) is 16.5 Å². The minimum absolute atomic E-state index is 0.194. The molecule has 0 aliphatic rings. The lowest BCUT2D eigenvalue weighted by molar-refractivity contribution is -0.123. The second kappa shape index (κ2) is 10.8. The third-order valence-corrected chi connectivity index (χ3v) is 4.76. The summed E-state index contributed by atoms with van der Waals surface area (Å²) in [5, 5.41) is 4.94. The fourth-order valence-electron chi connectivity index (χ4n) is 3.14. The van der Waals surface area contributed by atoms with Crippen LogP contribution in [0.15, 0.2) is 90.0 Å². The summed E-state index contributed by atoms with van der Waals surface area (Å²) in [5.41, 5.74) is 4.83. The van der Waals surface area contributed by atoms with Gasteiger partial charge in [-0.25, -0.2) is 10.4 Å². The van der Waals surface area contributed by atoms with Crippen LogP contribution in [0.1, 0.15) is 11.3 Å².